The highest BCUT2D eigenvalue weighted by Gasteiger charge is 2.40. The molecule has 0 bridgehead atoms. The standard InChI is InChI=1S/C8H14BrNO3/c1-8(4-11,5-12)10-3-6(9)2-7(10)13/h6,11-12H,2-5H2,1H3. The van der Waals surface area contributed by atoms with E-state index in [0.717, 1.165) is 0 Å². The molecule has 1 atom stereocenters. The smallest absolute Gasteiger partial charge is 0.224 e. The fourth-order valence-corrected chi connectivity index (χ4v) is 1.97. The summed E-state index contributed by atoms with van der Waals surface area (Å²) in [6.07, 6.45) is 0.440. The highest BCUT2D eigenvalue weighted by Crippen LogP contribution is 2.25. The summed E-state index contributed by atoms with van der Waals surface area (Å²) in [6, 6.07) is 0. The summed E-state index contributed by atoms with van der Waals surface area (Å²) in [5, 5.41) is 18.2. The maximum Gasteiger partial charge on any atom is 0.224 e. The van der Waals surface area contributed by atoms with Gasteiger partial charge in [0.15, 0.2) is 0 Å². The van der Waals surface area contributed by atoms with Gasteiger partial charge < -0.3 is 15.1 Å². The highest BCUT2D eigenvalue weighted by molar-refractivity contribution is 9.09. The SMILES string of the molecule is CC(CO)(CO)N1CC(Br)CC1=O. The number of hydrogen-bond donors (Lipinski definition) is 2. The van der Waals surface area contributed by atoms with E-state index >= 15 is 0 Å². The number of rotatable bonds is 3. The van der Waals surface area contributed by atoms with Gasteiger partial charge in [0.25, 0.3) is 0 Å². The first-order chi connectivity index (χ1) is 6.03. The van der Waals surface area contributed by atoms with Crippen molar-refractivity contribution in [3.63, 3.8) is 0 Å². The van der Waals surface area contributed by atoms with E-state index in [1.807, 2.05) is 0 Å². The number of aliphatic hydroxyl groups is 2. The van der Waals surface area contributed by atoms with Crippen molar-refractivity contribution < 1.29 is 15.0 Å². The average molecular weight is 252 g/mol. The van der Waals surface area contributed by atoms with Crippen LogP contribution < -0.4 is 0 Å². The fourth-order valence-electron chi connectivity index (χ4n) is 1.41. The van der Waals surface area contributed by atoms with Gasteiger partial charge in [-0.1, -0.05) is 15.9 Å². The Kier molecular flexibility index (Phi) is 3.32. The molecule has 4 nitrogen and oxygen atoms in total. The molecule has 0 spiro atoms. The number of amides is 1. The number of halogens is 1. The second-order valence-electron chi connectivity index (χ2n) is 3.62. The highest BCUT2D eigenvalue weighted by atomic mass is 79.9. The van der Waals surface area contributed by atoms with Crippen molar-refractivity contribution in [2.45, 2.75) is 23.7 Å². The van der Waals surface area contributed by atoms with Crippen molar-refractivity contribution in [1.29, 1.82) is 0 Å². The van der Waals surface area contributed by atoms with Crippen molar-refractivity contribution in [3.8, 4) is 0 Å². The van der Waals surface area contributed by atoms with Crippen molar-refractivity contribution in [1.82, 2.24) is 4.90 Å². The van der Waals surface area contributed by atoms with Crippen LogP contribution >= 0.6 is 15.9 Å². The molecule has 2 N–H and O–H groups in total. The minimum absolute atomic E-state index is 0.0209. The van der Waals surface area contributed by atoms with Crippen molar-refractivity contribution in [3.05, 3.63) is 0 Å². The predicted octanol–water partition coefficient (Wildman–Crippen LogP) is -0.275. The zero-order valence-electron chi connectivity index (χ0n) is 7.53. The summed E-state index contributed by atoms with van der Waals surface area (Å²) in [5.74, 6) is -0.0209. The summed E-state index contributed by atoms with van der Waals surface area (Å²) in [5.41, 5.74) is -0.820. The molecule has 76 valence electrons. The monoisotopic (exact) mass is 251 g/mol. The molecule has 0 aromatic heterocycles. The second-order valence-corrected chi connectivity index (χ2v) is 4.91. The van der Waals surface area contributed by atoms with Gasteiger partial charge in [-0.25, -0.2) is 0 Å². The fraction of sp³-hybridized carbons (Fsp3) is 0.875. The zero-order valence-corrected chi connectivity index (χ0v) is 9.12. The van der Waals surface area contributed by atoms with Gasteiger partial charge in [0.05, 0.1) is 18.8 Å². The van der Waals surface area contributed by atoms with Crippen LogP contribution in [-0.2, 0) is 4.79 Å². The number of aliphatic hydroxyl groups excluding tert-OH is 2. The lowest BCUT2D eigenvalue weighted by Gasteiger charge is -2.35. The Balaban J connectivity index is 2.75. The summed E-state index contributed by atoms with van der Waals surface area (Å²) in [4.78, 5) is 13.1. The second kappa shape index (κ2) is 3.94. The Morgan fingerprint density at radius 3 is 2.46 bits per heavy atom. The number of alkyl halides is 1. The molecule has 0 aromatic carbocycles. The molecule has 1 amide bonds. The average Bonchev–Trinajstić information content (AvgIpc) is 2.44. The minimum Gasteiger partial charge on any atom is -0.394 e. The van der Waals surface area contributed by atoms with Crippen LogP contribution in [-0.4, -0.2) is 51.1 Å². The first kappa shape index (κ1) is 10.9. The number of carbonyl (C=O) groups excluding carboxylic acids is 1. The molecule has 1 rings (SSSR count). The van der Waals surface area contributed by atoms with Crippen LogP contribution in [0.25, 0.3) is 0 Å². The van der Waals surface area contributed by atoms with E-state index in [2.05, 4.69) is 15.9 Å². The van der Waals surface area contributed by atoms with Gasteiger partial charge >= 0.3 is 0 Å². The lowest BCUT2D eigenvalue weighted by molar-refractivity contribution is -0.136. The molecule has 1 fully saturated rings. The van der Waals surface area contributed by atoms with Gasteiger partial charge in [0, 0.05) is 17.8 Å². The number of carbonyl (C=O) groups is 1. The van der Waals surface area contributed by atoms with Crippen LogP contribution in [0, 0.1) is 0 Å². The van der Waals surface area contributed by atoms with Gasteiger partial charge in [-0.15, -0.1) is 0 Å². The van der Waals surface area contributed by atoms with Gasteiger partial charge in [-0.2, -0.15) is 0 Å². The number of likely N-dealkylation sites (tertiary alicyclic amines) is 1. The Morgan fingerprint density at radius 1 is 1.62 bits per heavy atom. The maximum atomic E-state index is 11.4. The first-order valence-electron chi connectivity index (χ1n) is 4.20. The Labute approximate surface area is 85.7 Å². The van der Waals surface area contributed by atoms with Gasteiger partial charge in [0.2, 0.25) is 5.91 Å². The Morgan fingerprint density at radius 2 is 2.15 bits per heavy atom. The molecule has 1 unspecified atom stereocenters. The van der Waals surface area contributed by atoms with Crippen LogP contribution in [0.1, 0.15) is 13.3 Å². The van der Waals surface area contributed by atoms with Crippen LogP contribution in [0.2, 0.25) is 0 Å². The lowest BCUT2D eigenvalue weighted by atomic mass is 10.0. The zero-order chi connectivity index (χ0) is 10.1. The van der Waals surface area contributed by atoms with E-state index in [0.29, 0.717) is 13.0 Å². The van der Waals surface area contributed by atoms with E-state index in [-0.39, 0.29) is 23.9 Å². The predicted molar refractivity (Wildman–Crippen MR) is 51.6 cm³/mol. The Hall–Kier alpha value is -0.130. The summed E-state index contributed by atoms with van der Waals surface area (Å²) < 4.78 is 0. The number of nitrogens with zero attached hydrogens (tertiary/aromatic N) is 1. The molecule has 0 aliphatic carbocycles. The van der Waals surface area contributed by atoms with Gasteiger partial charge in [0.1, 0.15) is 0 Å². The largest absolute Gasteiger partial charge is 0.394 e. The van der Waals surface area contributed by atoms with Gasteiger partial charge in [-0.05, 0) is 6.92 Å². The molecule has 1 saturated heterocycles. The maximum absolute atomic E-state index is 11.4. The van der Waals surface area contributed by atoms with Crippen LogP contribution in [0.5, 0.6) is 0 Å². The van der Waals surface area contributed by atoms with Crippen molar-refractivity contribution >= 4 is 21.8 Å². The number of hydrogen-bond acceptors (Lipinski definition) is 3. The van der Waals surface area contributed by atoms with E-state index < -0.39 is 5.54 Å². The molecular formula is C8H14BrNO3. The molecule has 0 radical (unpaired) electrons. The van der Waals surface area contributed by atoms with E-state index in [1.54, 1.807) is 6.92 Å². The van der Waals surface area contributed by atoms with E-state index in [1.165, 1.54) is 4.90 Å². The van der Waals surface area contributed by atoms with Crippen molar-refractivity contribution in [2.24, 2.45) is 0 Å². The van der Waals surface area contributed by atoms with Crippen molar-refractivity contribution in [2.75, 3.05) is 19.8 Å². The third-order valence-corrected chi connectivity index (χ3v) is 3.02. The van der Waals surface area contributed by atoms with Crippen LogP contribution in [0.3, 0.4) is 0 Å². The molecule has 1 aliphatic rings. The normalized spacial score (nSPS) is 24.2. The minimum atomic E-state index is -0.820. The molecule has 1 heterocycles. The Bertz CT molecular complexity index is 206. The van der Waals surface area contributed by atoms with Crippen LogP contribution in [0.4, 0.5) is 0 Å². The summed E-state index contributed by atoms with van der Waals surface area (Å²) in [6.45, 7) is 1.80. The third kappa shape index (κ3) is 2.03. The first-order valence-corrected chi connectivity index (χ1v) is 5.11. The van der Waals surface area contributed by atoms with E-state index in [9.17, 15) is 4.79 Å². The topological polar surface area (TPSA) is 60.8 Å². The van der Waals surface area contributed by atoms with E-state index in [4.69, 9.17) is 10.2 Å². The summed E-state index contributed by atoms with van der Waals surface area (Å²) in [7, 11) is 0. The van der Waals surface area contributed by atoms with Crippen LogP contribution in [0.15, 0.2) is 0 Å². The summed E-state index contributed by atoms with van der Waals surface area (Å²) >= 11 is 3.34. The lowest BCUT2D eigenvalue weighted by Crippen LogP contribution is -2.52. The molecule has 0 saturated carbocycles. The quantitative estimate of drug-likeness (QED) is 0.679. The molecular weight excluding hydrogens is 238 g/mol. The molecule has 0 aromatic rings. The molecule has 13 heavy (non-hydrogen) atoms. The molecule has 1 aliphatic heterocycles. The van der Waals surface area contributed by atoms with Gasteiger partial charge in [-0.3, -0.25) is 4.79 Å². The molecule has 5 heteroatoms. The third-order valence-electron chi connectivity index (χ3n) is 2.41.